The van der Waals surface area contributed by atoms with Crippen molar-refractivity contribution in [2.45, 2.75) is 0 Å². The Hall–Kier alpha value is -8.04. The number of nitriles is 2. The highest BCUT2D eigenvalue weighted by Gasteiger charge is 2.27. The lowest BCUT2D eigenvalue weighted by molar-refractivity contribution is 1.44. The van der Waals surface area contributed by atoms with Crippen molar-refractivity contribution in [2.24, 2.45) is 0 Å². The van der Waals surface area contributed by atoms with Gasteiger partial charge in [-0.15, -0.1) is 0 Å². The number of fused-ring (bicyclic) bond motifs is 8. The molecular weight excluding hydrogens is 701 g/mol. The van der Waals surface area contributed by atoms with Gasteiger partial charge in [0.2, 0.25) is 0 Å². The monoisotopic (exact) mass is 730 g/mol. The Labute approximate surface area is 334 Å². The lowest BCUT2D eigenvalue weighted by Gasteiger charge is -2.19. The molecule has 0 N–H and O–H groups in total. The second-order valence-electron chi connectivity index (χ2n) is 15.3. The lowest BCUT2D eigenvalue weighted by Crippen LogP contribution is -1.91. The molecule has 0 radical (unpaired) electrons. The molecule has 2 heteroatoms. The summed E-state index contributed by atoms with van der Waals surface area (Å²) in [6, 6.07) is 69.8. The van der Waals surface area contributed by atoms with E-state index < -0.39 is 0 Å². The third-order valence-electron chi connectivity index (χ3n) is 12.3. The normalized spacial score (nSPS) is 11.8. The molecule has 12 rings (SSSR count). The van der Waals surface area contributed by atoms with E-state index in [-0.39, 0.29) is 0 Å². The van der Waals surface area contributed by atoms with E-state index in [0.29, 0.717) is 11.1 Å². The van der Waals surface area contributed by atoms with Crippen LogP contribution in [0, 0.1) is 22.7 Å². The molecule has 0 heterocycles. The van der Waals surface area contributed by atoms with Crippen LogP contribution in [0.1, 0.15) is 11.1 Å². The van der Waals surface area contributed by atoms with E-state index in [0.717, 1.165) is 22.3 Å². The summed E-state index contributed by atoms with van der Waals surface area (Å²) in [7, 11) is 0. The molecule has 2 nitrogen and oxygen atoms in total. The van der Waals surface area contributed by atoms with Crippen LogP contribution in [0.15, 0.2) is 182 Å². The van der Waals surface area contributed by atoms with Crippen molar-refractivity contribution in [3.63, 3.8) is 0 Å². The van der Waals surface area contributed by atoms with Gasteiger partial charge >= 0.3 is 0 Å². The molecule has 0 saturated carbocycles. The van der Waals surface area contributed by atoms with Gasteiger partial charge in [0.05, 0.1) is 23.3 Å². The molecule has 0 atom stereocenters. The molecular formula is C56H30N2. The van der Waals surface area contributed by atoms with E-state index in [9.17, 15) is 10.5 Å². The van der Waals surface area contributed by atoms with Gasteiger partial charge in [-0.3, -0.25) is 0 Å². The Kier molecular flexibility index (Phi) is 6.80. The first-order valence-corrected chi connectivity index (χ1v) is 19.6. The van der Waals surface area contributed by atoms with Crippen LogP contribution in [0.3, 0.4) is 0 Å². The first-order valence-electron chi connectivity index (χ1n) is 19.6. The summed E-state index contributed by atoms with van der Waals surface area (Å²) in [5.41, 5.74) is 9.93. The standard InChI is InChI=1S/C56H30N2/c57-31-33-26-34(32-58)28-39(27-33)37-16-9-17-38(29-37)40-24-25-47-52-43(40)20-10-23-46(52)56-51(36-14-5-2-6-15-36)54-45-22-11-21-44-41-18-7-8-19-42(41)48(53(44)45)30-49(54)50(55(47)56)35-12-3-1-4-13-35/h1-30H. The summed E-state index contributed by atoms with van der Waals surface area (Å²) < 4.78 is 0. The third kappa shape index (κ3) is 4.46. The Morgan fingerprint density at radius 2 is 0.759 bits per heavy atom. The maximum Gasteiger partial charge on any atom is 0.0992 e. The lowest BCUT2D eigenvalue weighted by atomic mass is 9.84. The van der Waals surface area contributed by atoms with Gasteiger partial charge in [0, 0.05) is 0 Å². The highest BCUT2D eigenvalue weighted by atomic mass is 14.3. The third-order valence-corrected chi connectivity index (χ3v) is 12.3. The molecule has 12 aromatic carbocycles. The molecule has 12 aromatic rings. The highest BCUT2D eigenvalue weighted by Crippen LogP contribution is 2.55. The van der Waals surface area contributed by atoms with Crippen LogP contribution in [0.2, 0.25) is 0 Å². The summed E-state index contributed by atoms with van der Waals surface area (Å²) >= 11 is 0. The minimum Gasteiger partial charge on any atom is -0.192 e. The van der Waals surface area contributed by atoms with E-state index in [1.165, 1.54) is 97.7 Å². The number of rotatable bonds is 4. The van der Waals surface area contributed by atoms with Crippen molar-refractivity contribution in [2.75, 3.05) is 0 Å². The van der Waals surface area contributed by atoms with Crippen LogP contribution >= 0.6 is 0 Å². The Morgan fingerprint density at radius 3 is 1.47 bits per heavy atom. The van der Waals surface area contributed by atoms with E-state index in [1.807, 2.05) is 12.1 Å². The number of benzene rings is 10. The maximum atomic E-state index is 9.72. The van der Waals surface area contributed by atoms with Crippen molar-refractivity contribution in [1.29, 1.82) is 10.5 Å². The molecule has 0 aliphatic carbocycles. The molecule has 0 amide bonds. The number of hydrogen-bond donors (Lipinski definition) is 0. The van der Waals surface area contributed by atoms with Gasteiger partial charge in [0.15, 0.2) is 0 Å². The number of hydrogen-bond acceptors (Lipinski definition) is 2. The first kappa shape index (κ1) is 32.2. The van der Waals surface area contributed by atoms with Gasteiger partial charge < -0.3 is 0 Å². The van der Waals surface area contributed by atoms with Gasteiger partial charge in [0.1, 0.15) is 0 Å². The zero-order valence-electron chi connectivity index (χ0n) is 31.2. The summed E-state index contributed by atoms with van der Waals surface area (Å²) in [6.45, 7) is 0. The summed E-state index contributed by atoms with van der Waals surface area (Å²) in [5, 5.41) is 37.2. The average Bonchev–Trinajstić information content (AvgIpc) is 3.80. The summed E-state index contributed by atoms with van der Waals surface area (Å²) in [5.74, 6) is 0. The van der Waals surface area contributed by atoms with Crippen LogP contribution in [-0.4, -0.2) is 0 Å². The van der Waals surface area contributed by atoms with Gasteiger partial charge in [-0.1, -0.05) is 152 Å². The fraction of sp³-hybridized carbons (Fsp3) is 0. The molecule has 0 aliphatic heterocycles. The molecule has 264 valence electrons. The molecule has 0 aliphatic rings. The van der Waals surface area contributed by atoms with Crippen LogP contribution in [0.4, 0.5) is 0 Å². The molecule has 0 saturated heterocycles. The Balaban J connectivity index is 1.26. The van der Waals surface area contributed by atoms with Crippen LogP contribution in [0.25, 0.3) is 120 Å². The van der Waals surface area contributed by atoms with Gasteiger partial charge in [-0.05, 0) is 150 Å². The quantitative estimate of drug-likeness (QED) is 0.169. The van der Waals surface area contributed by atoms with Gasteiger partial charge in [0.25, 0.3) is 0 Å². The summed E-state index contributed by atoms with van der Waals surface area (Å²) in [6.07, 6.45) is 0. The predicted octanol–water partition coefficient (Wildman–Crippen LogP) is 15.0. The summed E-state index contributed by atoms with van der Waals surface area (Å²) in [4.78, 5) is 0. The maximum absolute atomic E-state index is 9.72. The zero-order chi connectivity index (χ0) is 38.5. The highest BCUT2D eigenvalue weighted by molar-refractivity contribution is 6.45. The van der Waals surface area contributed by atoms with Crippen molar-refractivity contribution in [3.8, 4) is 56.6 Å². The molecule has 58 heavy (non-hydrogen) atoms. The second-order valence-corrected chi connectivity index (χ2v) is 15.3. The van der Waals surface area contributed by atoms with Crippen molar-refractivity contribution in [1.82, 2.24) is 0 Å². The second kappa shape index (κ2) is 12.2. The van der Waals surface area contributed by atoms with E-state index in [2.05, 4.69) is 176 Å². The van der Waals surface area contributed by atoms with E-state index in [4.69, 9.17) is 0 Å². The van der Waals surface area contributed by atoms with Crippen LogP contribution in [-0.2, 0) is 0 Å². The van der Waals surface area contributed by atoms with Gasteiger partial charge in [-0.25, -0.2) is 0 Å². The minimum atomic E-state index is 0.477. The average molecular weight is 731 g/mol. The van der Waals surface area contributed by atoms with Crippen LogP contribution < -0.4 is 0 Å². The van der Waals surface area contributed by atoms with Crippen molar-refractivity contribution in [3.05, 3.63) is 193 Å². The van der Waals surface area contributed by atoms with Crippen molar-refractivity contribution >= 4 is 75.4 Å². The van der Waals surface area contributed by atoms with Crippen LogP contribution in [0.5, 0.6) is 0 Å². The molecule has 0 unspecified atom stereocenters. The largest absolute Gasteiger partial charge is 0.192 e. The molecule has 0 spiro atoms. The Morgan fingerprint density at radius 1 is 0.259 bits per heavy atom. The SMILES string of the molecule is N#Cc1cc(C#N)cc(-c2cccc(-c3ccc4c5c(-c6ccccc6)c6cc7c8ccccc8c8cccc(c6c(-c6ccccc6)c5c5cccc3c45)c87)c2)c1. The fourth-order valence-electron chi connectivity index (χ4n) is 10.1. The molecule has 0 bridgehead atoms. The zero-order valence-corrected chi connectivity index (χ0v) is 31.2. The Bertz CT molecular complexity index is 3700. The van der Waals surface area contributed by atoms with Crippen molar-refractivity contribution < 1.29 is 0 Å². The van der Waals surface area contributed by atoms with E-state index in [1.54, 1.807) is 6.07 Å². The predicted molar refractivity (Wildman–Crippen MR) is 243 cm³/mol. The number of nitrogens with zero attached hydrogens (tertiary/aromatic N) is 2. The van der Waals surface area contributed by atoms with Gasteiger partial charge in [-0.2, -0.15) is 10.5 Å². The first-order chi connectivity index (χ1) is 28.7. The topological polar surface area (TPSA) is 47.6 Å². The van der Waals surface area contributed by atoms with E-state index >= 15 is 0 Å². The fourth-order valence-corrected chi connectivity index (χ4v) is 10.1. The molecule has 0 fully saturated rings. The minimum absolute atomic E-state index is 0.477. The molecule has 0 aromatic heterocycles. The smallest absolute Gasteiger partial charge is 0.0992 e.